The van der Waals surface area contributed by atoms with Gasteiger partial charge in [-0.2, -0.15) is 0 Å². The highest BCUT2D eigenvalue weighted by molar-refractivity contribution is 6.30. The van der Waals surface area contributed by atoms with Crippen molar-refractivity contribution in [2.45, 2.75) is 26.2 Å². The second-order valence-corrected chi connectivity index (χ2v) is 5.24. The lowest BCUT2D eigenvalue weighted by molar-refractivity contribution is 0.793. The van der Waals surface area contributed by atoms with Crippen molar-refractivity contribution in [1.82, 2.24) is 9.97 Å². The fraction of sp³-hybridized carbons (Fsp3) is 0.333. The molecule has 3 nitrogen and oxygen atoms in total. The second kappa shape index (κ2) is 6.02. The zero-order chi connectivity index (χ0) is 13.8. The van der Waals surface area contributed by atoms with Crippen LogP contribution in [-0.2, 0) is 6.42 Å². The minimum atomic E-state index is 0.383. The molecule has 0 aliphatic heterocycles. The summed E-state index contributed by atoms with van der Waals surface area (Å²) in [6.07, 6.45) is 0.690. The van der Waals surface area contributed by atoms with E-state index in [0.29, 0.717) is 12.3 Å². The third-order valence-electron chi connectivity index (χ3n) is 2.89. The Morgan fingerprint density at radius 3 is 2.63 bits per heavy atom. The van der Waals surface area contributed by atoms with Crippen LogP contribution in [0.25, 0.3) is 0 Å². The van der Waals surface area contributed by atoms with Crippen LogP contribution in [0.5, 0.6) is 0 Å². The van der Waals surface area contributed by atoms with Crippen molar-refractivity contribution in [2.24, 2.45) is 0 Å². The Morgan fingerprint density at radius 2 is 2.00 bits per heavy atom. The maximum absolute atomic E-state index is 6.00. The highest BCUT2D eigenvalue weighted by atomic mass is 35.5. The number of rotatable bonds is 4. The average Bonchev–Trinajstić information content (AvgIpc) is 2.38. The summed E-state index contributed by atoms with van der Waals surface area (Å²) in [5.74, 6) is 2.06. The molecule has 0 radical (unpaired) electrons. The number of aromatic nitrogens is 2. The van der Waals surface area contributed by atoms with Crippen molar-refractivity contribution in [3.8, 4) is 0 Å². The van der Waals surface area contributed by atoms with E-state index < -0.39 is 0 Å². The van der Waals surface area contributed by atoms with Crippen molar-refractivity contribution < 1.29 is 0 Å². The summed E-state index contributed by atoms with van der Waals surface area (Å²) in [4.78, 5) is 9.11. The molecule has 1 N–H and O–H groups in total. The first kappa shape index (κ1) is 13.8. The van der Waals surface area contributed by atoms with Gasteiger partial charge in [0.15, 0.2) is 0 Å². The third kappa shape index (κ3) is 3.67. The Morgan fingerprint density at radius 1 is 1.21 bits per heavy atom. The minimum Gasteiger partial charge on any atom is -0.373 e. The van der Waals surface area contributed by atoms with Crippen LogP contribution in [0.4, 0.5) is 5.82 Å². The molecule has 0 fully saturated rings. The molecule has 2 rings (SSSR count). The average molecular weight is 276 g/mol. The molecule has 1 heterocycles. The van der Waals surface area contributed by atoms with Crippen molar-refractivity contribution in [1.29, 1.82) is 0 Å². The Kier molecular flexibility index (Phi) is 4.38. The molecule has 2 aromatic rings. The number of hydrogen-bond donors (Lipinski definition) is 1. The summed E-state index contributed by atoms with van der Waals surface area (Å²) in [5.41, 5.74) is 2.17. The molecule has 0 bridgehead atoms. The fourth-order valence-corrected chi connectivity index (χ4v) is 2.06. The van der Waals surface area contributed by atoms with Gasteiger partial charge in [-0.3, -0.25) is 0 Å². The maximum Gasteiger partial charge on any atom is 0.135 e. The Labute approximate surface area is 119 Å². The van der Waals surface area contributed by atoms with Crippen LogP contribution in [0.1, 0.15) is 36.8 Å². The van der Waals surface area contributed by atoms with E-state index in [0.717, 1.165) is 27.9 Å². The van der Waals surface area contributed by atoms with E-state index in [1.807, 2.05) is 37.4 Å². The molecule has 0 spiro atoms. The topological polar surface area (TPSA) is 37.8 Å². The van der Waals surface area contributed by atoms with Gasteiger partial charge in [-0.05, 0) is 23.6 Å². The van der Waals surface area contributed by atoms with Crippen molar-refractivity contribution in [2.75, 3.05) is 12.4 Å². The predicted octanol–water partition coefficient (Wildman–Crippen LogP) is 3.89. The molecule has 0 amide bonds. The lowest BCUT2D eigenvalue weighted by Crippen LogP contribution is -2.05. The highest BCUT2D eigenvalue weighted by Crippen LogP contribution is 2.18. The summed E-state index contributed by atoms with van der Waals surface area (Å²) in [6, 6.07) is 9.80. The first-order valence-electron chi connectivity index (χ1n) is 6.38. The first-order chi connectivity index (χ1) is 9.08. The summed E-state index contributed by atoms with van der Waals surface area (Å²) in [7, 11) is 1.87. The third-order valence-corrected chi connectivity index (χ3v) is 3.13. The van der Waals surface area contributed by atoms with E-state index >= 15 is 0 Å². The van der Waals surface area contributed by atoms with Gasteiger partial charge < -0.3 is 5.32 Å². The Bertz CT molecular complexity index is 567. The predicted molar refractivity (Wildman–Crippen MR) is 79.9 cm³/mol. The van der Waals surface area contributed by atoms with Gasteiger partial charge >= 0.3 is 0 Å². The van der Waals surface area contributed by atoms with E-state index in [2.05, 4.69) is 29.1 Å². The first-order valence-corrected chi connectivity index (χ1v) is 6.76. The molecule has 0 saturated heterocycles. The molecular formula is C15H18ClN3. The maximum atomic E-state index is 6.00. The highest BCUT2D eigenvalue weighted by Gasteiger charge is 2.08. The molecule has 0 aliphatic rings. The van der Waals surface area contributed by atoms with Gasteiger partial charge in [0.05, 0.1) is 0 Å². The summed E-state index contributed by atoms with van der Waals surface area (Å²) in [6.45, 7) is 4.26. The van der Waals surface area contributed by atoms with Gasteiger partial charge in [0.1, 0.15) is 11.6 Å². The smallest absolute Gasteiger partial charge is 0.135 e. The zero-order valence-corrected chi connectivity index (χ0v) is 12.2. The van der Waals surface area contributed by atoms with E-state index in [4.69, 9.17) is 11.6 Å². The number of benzene rings is 1. The summed E-state index contributed by atoms with van der Waals surface area (Å²) >= 11 is 6.00. The van der Waals surface area contributed by atoms with Crippen LogP contribution in [0.3, 0.4) is 0 Å². The van der Waals surface area contributed by atoms with Gasteiger partial charge in [0.2, 0.25) is 0 Å². The Balaban J connectivity index is 2.31. The van der Waals surface area contributed by atoms with E-state index in [1.165, 1.54) is 0 Å². The number of anilines is 1. The molecule has 100 valence electrons. The summed E-state index contributed by atoms with van der Waals surface area (Å²) < 4.78 is 0. The van der Waals surface area contributed by atoms with Gasteiger partial charge in [-0.1, -0.05) is 37.6 Å². The van der Waals surface area contributed by atoms with Crippen LogP contribution < -0.4 is 5.32 Å². The van der Waals surface area contributed by atoms with Crippen LogP contribution in [-0.4, -0.2) is 17.0 Å². The number of nitrogens with one attached hydrogen (secondary N) is 1. The molecule has 0 atom stereocenters. The van der Waals surface area contributed by atoms with Crippen LogP contribution >= 0.6 is 11.6 Å². The molecule has 0 saturated carbocycles. The van der Waals surface area contributed by atoms with Crippen molar-refractivity contribution >= 4 is 17.4 Å². The number of hydrogen-bond acceptors (Lipinski definition) is 3. The lowest BCUT2D eigenvalue weighted by Gasteiger charge is -2.10. The van der Waals surface area contributed by atoms with Gasteiger partial charge in [0.25, 0.3) is 0 Å². The summed E-state index contributed by atoms with van der Waals surface area (Å²) in [5, 5.41) is 3.82. The monoisotopic (exact) mass is 275 g/mol. The normalized spacial score (nSPS) is 10.8. The van der Waals surface area contributed by atoms with E-state index in [9.17, 15) is 0 Å². The molecule has 19 heavy (non-hydrogen) atoms. The molecule has 0 aliphatic carbocycles. The van der Waals surface area contributed by atoms with Crippen molar-refractivity contribution in [3.63, 3.8) is 0 Å². The van der Waals surface area contributed by atoms with Crippen LogP contribution in [0, 0.1) is 0 Å². The molecule has 1 aromatic carbocycles. The quantitative estimate of drug-likeness (QED) is 0.920. The second-order valence-electron chi connectivity index (χ2n) is 4.81. The lowest BCUT2D eigenvalue weighted by atomic mass is 10.1. The largest absolute Gasteiger partial charge is 0.373 e. The van der Waals surface area contributed by atoms with Crippen molar-refractivity contribution in [3.05, 3.63) is 52.4 Å². The fourth-order valence-electron chi connectivity index (χ4n) is 1.85. The van der Waals surface area contributed by atoms with E-state index in [1.54, 1.807) is 0 Å². The van der Waals surface area contributed by atoms with Gasteiger partial charge in [-0.25, -0.2) is 9.97 Å². The van der Waals surface area contributed by atoms with Gasteiger partial charge in [0, 0.05) is 30.3 Å². The zero-order valence-electron chi connectivity index (χ0n) is 11.4. The molecule has 1 aromatic heterocycles. The Hall–Kier alpha value is -1.61. The van der Waals surface area contributed by atoms with Gasteiger partial charge in [-0.15, -0.1) is 0 Å². The standard InChI is InChI=1S/C15H18ClN3/c1-10(2)13-9-14(17-3)19-15(18-13)8-11-5-4-6-12(16)7-11/h4-7,9-10H,8H2,1-3H3,(H,17,18,19). The molecule has 4 heteroatoms. The number of nitrogens with zero attached hydrogens (tertiary/aromatic N) is 2. The van der Waals surface area contributed by atoms with E-state index in [-0.39, 0.29) is 0 Å². The molecule has 0 unspecified atom stereocenters. The SMILES string of the molecule is CNc1cc(C(C)C)nc(Cc2cccc(Cl)c2)n1. The molecular weight excluding hydrogens is 258 g/mol. The van der Waals surface area contributed by atoms with Crippen LogP contribution in [0.2, 0.25) is 5.02 Å². The van der Waals surface area contributed by atoms with Crippen LogP contribution in [0.15, 0.2) is 30.3 Å². The minimum absolute atomic E-state index is 0.383. The number of halogens is 1.